The van der Waals surface area contributed by atoms with Gasteiger partial charge in [-0.2, -0.15) is 4.98 Å². The fraction of sp³-hybridized carbons (Fsp3) is 0.167. The molecule has 2 aromatic rings. The molecule has 0 fully saturated rings. The summed E-state index contributed by atoms with van der Waals surface area (Å²) in [6, 6.07) is 6.03. The minimum Gasteiger partial charge on any atom is -0.368 e. The number of rotatable bonds is 5. The summed E-state index contributed by atoms with van der Waals surface area (Å²) >= 11 is 0. The summed E-state index contributed by atoms with van der Waals surface area (Å²) in [4.78, 5) is 17.6. The fourth-order valence-corrected chi connectivity index (χ4v) is 1.63. The van der Waals surface area contributed by atoms with Gasteiger partial charge in [-0.3, -0.25) is 10.1 Å². The molecule has 104 valence electrons. The number of halogens is 1. The molecular formula is C12H12FN5O2. The van der Waals surface area contributed by atoms with E-state index in [1.165, 1.54) is 12.1 Å². The van der Waals surface area contributed by atoms with Gasteiger partial charge in [0.2, 0.25) is 11.8 Å². The predicted octanol–water partition coefficient (Wildman–Crippen LogP) is 1.76. The molecule has 0 aliphatic carbocycles. The highest BCUT2D eigenvalue weighted by Crippen LogP contribution is 2.20. The first-order chi connectivity index (χ1) is 9.56. The molecule has 0 saturated carbocycles. The molecule has 0 saturated heterocycles. The normalized spacial score (nSPS) is 10.2. The van der Waals surface area contributed by atoms with E-state index < -0.39 is 4.92 Å². The molecule has 2 rings (SSSR count). The van der Waals surface area contributed by atoms with Crippen LogP contribution in [0.25, 0.3) is 0 Å². The molecule has 0 aliphatic rings. The quantitative estimate of drug-likeness (QED) is 0.637. The Hall–Kier alpha value is -2.77. The lowest BCUT2D eigenvalue weighted by molar-refractivity contribution is -0.384. The van der Waals surface area contributed by atoms with Crippen LogP contribution in [0.2, 0.25) is 0 Å². The number of nitrogens with two attached hydrogens (primary N) is 1. The maximum atomic E-state index is 12.7. The van der Waals surface area contributed by atoms with Gasteiger partial charge in [-0.15, -0.1) is 0 Å². The van der Waals surface area contributed by atoms with E-state index >= 15 is 0 Å². The van der Waals surface area contributed by atoms with Crippen LogP contribution in [0.15, 0.2) is 30.5 Å². The molecule has 7 nitrogen and oxygen atoms in total. The van der Waals surface area contributed by atoms with Crippen molar-refractivity contribution in [2.45, 2.75) is 6.42 Å². The average molecular weight is 277 g/mol. The maximum absolute atomic E-state index is 12.7. The van der Waals surface area contributed by atoms with E-state index in [0.717, 1.165) is 11.8 Å². The van der Waals surface area contributed by atoms with Crippen LogP contribution in [0.4, 0.5) is 21.8 Å². The molecule has 8 heteroatoms. The van der Waals surface area contributed by atoms with Crippen molar-refractivity contribution in [1.82, 2.24) is 9.97 Å². The van der Waals surface area contributed by atoms with Crippen molar-refractivity contribution in [3.63, 3.8) is 0 Å². The second-order valence-corrected chi connectivity index (χ2v) is 4.02. The van der Waals surface area contributed by atoms with Crippen LogP contribution in [0.3, 0.4) is 0 Å². The Kier molecular flexibility index (Phi) is 4.04. The lowest BCUT2D eigenvalue weighted by Crippen LogP contribution is -2.10. The topological polar surface area (TPSA) is 107 Å². The van der Waals surface area contributed by atoms with Crippen molar-refractivity contribution in [1.29, 1.82) is 0 Å². The Labute approximate surface area is 113 Å². The summed E-state index contributed by atoms with van der Waals surface area (Å²) in [7, 11) is 0. The van der Waals surface area contributed by atoms with Gasteiger partial charge in [0, 0.05) is 6.54 Å². The molecule has 20 heavy (non-hydrogen) atoms. The molecular weight excluding hydrogens is 265 g/mol. The van der Waals surface area contributed by atoms with E-state index in [2.05, 4.69) is 15.3 Å². The van der Waals surface area contributed by atoms with Gasteiger partial charge in [0.15, 0.2) is 0 Å². The van der Waals surface area contributed by atoms with Crippen molar-refractivity contribution in [3.8, 4) is 0 Å². The molecule has 1 aromatic heterocycles. The monoisotopic (exact) mass is 277 g/mol. The zero-order valence-corrected chi connectivity index (χ0v) is 10.4. The third-order valence-corrected chi connectivity index (χ3v) is 2.60. The van der Waals surface area contributed by atoms with Gasteiger partial charge in [-0.25, -0.2) is 9.37 Å². The first-order valence-electron chi connectivity index (χ1n) is 5.81. The Bertz CT molecular complexity index is 618. The average Bonchev–Trinajstić information content (AvgIpc) is 2.41. The Morgan fingerprint density at radius 2 is 2.05 bits per heavy atom. The van der Waals surface area contributed by atoms with Crippen molar-refractivity contribution < 1.29 is 9.31 Å². The summed E-state index contributed by atoms with van der Waals surface area (Å²) in [5.41, 5.74) is 6.07. The first-order valence-corrected chi connectivity index (χ1v) is 5.81. The van der Waals surface area contributed by atoms with Gasteiger partial charge in [-0.1, -0.05) is 12.1 Å². The van der Waals surface area contributed by atoms with Crippen LogP contribution in [0, 0.1) is 15.9 Å². The van der Waals surface area contributed by atoms with Crippen LogP contribution >= 0.6 is 0 Å². The Morgan fingerprint density at radius 3 is 2.70 bits per heavy atom. The standard InChI is InChI=1S/C12H12FN5O2/c13-9-3-1-8(2-4-9)5-6-15-11-10(18(19)20)7-16-12(14)17-11/h1-4,7H,5-6H2,(H3,14,15,16,17). The van der Waals surface area contributed by atoms with Gasteiger partial charge in [0.1, 0.15) is 12.0 Å². The highest BCUT2D eigenvalue weighted by Gasteiger charge is 2.15. The third-order valence-electron chi connectivity index (χ3n) is 2.60. The predicted molar refractivity (Wildman–Crippen MR) is 71.7 cm³/mol. The number of nitro groups is 1. The Balaban J connectivity index is 2.02. The van der Waals surface area contributed by atoms with Gasteiger partial charge >= 0.3 is 5.69 Å². The van der Waals surface area contributed by atoms with E-state index in [0.29, 0.717) is 13.0 Å². The van der Waals surface area contributed by atoms with E-state index in [9.17, 15) is 14.5 Å². The van der Waals surface area contributed by atoms with Crippen molar-refractivity contribution in [3.05, 3.63) is 52.0 Å². The van der Waals surface area contributed by atoms with E-state index in [4.69, 9.17) is 5.73 Å². The number of hydrogen-bond donors (Lipinski definition) is 2. The highest BCUT2D eigenvalue weighted by atomic mass is 19.1. The van der Waals surface area contributed by atoms with E-state index in [1.54, 1.807) is 12.1 Å². The van der Waals surface area contributed by atoms with Crippen LogP contribution in [-0.2, 0) is 6.42 Å². The van der Waals surface area contributed by atoms with Crippen LogP contribution in [0.1, 0.15) is 5.56 Å². The zero-order chi connectivity index (χ0) is 14.5. The summed E-state index contributed by atoms with van der Waals surface area (Å²) in [5, 5.41) is 13.6. The minimum atomic E-state index is -0.584. The lowest BCUT2D eigenvalue weighted by Gasteiger charge is -2.06. The van der Waals surface area contributed by atoms with Crippen molar-refractivity contribution >= 4 is 17.5 Å². The molecule has 0 aliphatic heterocycles. The summed E-state index contributed by atoms with van der Waals surface area (Å²) < 4.78 is 12.7. The molecule has 1 heterocycles. The second-order valence-electron chi connectivity index (χ2n) is 4.02. The lowest BCUT2D eigenvalue weighted by atomic mass is 10.1. The van der Waals surface area contributed by atoms with Gasteiger partial charge < -0.3 is 11.1 Å². The van der Waals surface area contributed by atoms with Gasteiger partial charge in [0.25, 0.3) is 0 Å². The summed E-state index contributed by atoms with van der Waals surface area (Å²) in [6.07, 6.45) is 1.63. The number of aromatic nitrogens is 2. The second kappa shape index (κ2) is 5.91. The zero-order valence-electron chi connectivity index (χ0n) is 10.4. The van der Waals surface area contributed by atoms with Crippen LogP contribution < -0.4 is 11.1 Å². The molecule has 0 unspecified atom stereocenters. The van der Waals surface area contributed by atoms with Gasteiger partial charge in [-0.05, 0) is 24.1 Å². The summed E-state index contributed by atoms with van der Waals surface area (Å²) in [5.74, 6) is -0.273. The minimum absolute atomic E-state index is 0.0418. The Morgan fingerprint density at radius 1 is 1.35 bits per heavy atom. The third kappa shape index (κ3) is 3.37. The maximum Gasteiger partial charge on any atom is 0.329 e. The number of benzene rings is 1. The number of hydrogen-bond acceptors (Lipinski definition) is 6. The molecule has 0 spiro atoms. The number of nitrogens with one attached hydrogen (secondary N) is 1. The smallest absolute Gasteiger partial charge is 0.329 e. The first kappa shape index (κ1) is 13.7. The van der Waals surface area contributed by atoms with E-state index in [1.807, 2.05) is 0 Å². The molecule has 0 bridgehead atoms. The largest absolute Gasteiger partial charge is 0.368 e. The van der Waals surface area contributed by atoms with Crippen LogP contribution in [-0.4, -0.2) is 21.4 Å². The van der Waals surface area contributed by atoms with Crippen LogP contribution in [0.5, 0.6) is 0 Å². The van der Waals surface area contributed by atoms with Crippen molar-refractivity contribution in [2.24, 2.45) is 0 Å². The molecule has 0 radical (unpaired) electrons. The highest BCUT2D eigenvalue weighted by molar-refractivity contribution is 5.56. The van der Waals surface area contributed by atoms with Crippen molar-refractivity contribution in [2.75, 3.05) is 17.6 Å². The number of nitrogen functional groups attached to an aromatic ring is 1. The molecule has 0 atom stereocenters. The molecule has 3 N–H and O–H groups in total. The number of nitrogens with zero attached hydrogens (tertiary/aromatic N) is 3. The molecule has 0 amide bonds. The summed E-state index contributed by atoms with van der Waals surface area (Å²) in [6.45, 7) is 0.406. The van der Waals surface area contributed by atoms with E-state index in [-0.39, 0.29) is 23.3 Å². The number of anilines is 2. The molecule has 1 aromatic carbocycles. The fourth-order valence-electron chi connectivity index (χ4n) is 1.63. The SMILES string of the molecule is Nc1ncc([N+](=O)[O-])c(NCCc2ccc(F)cc2)n1. The van der Waals surface area contributed by atoms with Gasteiger partial charge in [0.05, 0.1) is 4.92 Å².